The van der Waals surface area contributed by atoms with Gasteiger partial charge in [0, 0.05) is 30.9 Å². The highest BCUT2D eigenvalue weighted by molar-refractivity contribution is 7.08. The second-order valence-corrected chi connectivity index (χ2v) is 7.90. The molecule has 0 unspecified atom stereocenters. The first-order chi connectivity index (χ1) is 12.2. The summed E-state index contributed by atoms with van der Waals surface area (Å²) in [5, 5.41) is 3.90. The fourth-order valence-electron chi connectivity index (χ4n) is 4.01. The highest BCUT2D eigenvalue weighted by Crippen LogP contribution is 2.35. The van der Waals surface area contributed by atoms with E-state index in [1.165, 1.54) is 0 Å². The standard InChI is InChI=1S/C19H24N2O3S/c1-20(9-16-3-2-7-23-16)11-18-17-10-21(6-4-14(17)12-24-18)19(22)15-5-8-25-13-15/h2-3,5,7-8,13-14,17-18H,4,6,9-12H2,1H3/t14-,17-,18+/m1/s1. The van der Waals surface area contributed by atoms with E-state index >= 15 is 0 Å². The summed E-state index contributed by atoms with van der Waals surface area (Å²) in [7, 11) is 2.09. The number of amides is 1. The smallest absolute Gasteiger partial charge is 0.254 e. The van der Waals surface area contributed by atoms with Crippen molar-refractivity contribution in [2.75, 3.05) is 33.3 Å². The Bertz CT molecular complexity index is 686. The van der Waals surface area contributed by atoms with Gasteiger partial charge >= 0.3 is 0 Å². The van der Waals surface area contributed by atoms with E-state index in [0.717, 1.165) is 50.5 Å². The van der Waals surface area contributed by atoms with Crippen LogP contribution in [-0.2, 0) is 11.3 Å². The molecule has 4 heterocycles. The van der Waals surface area contributed by atoms with E-state index in [2.05, 4.69) is 11.9 Å². The van der Waals surface area contributed by atoms with Crippen molar-refractivity contribution in [3.05, 3.63) is 46.5 Å². The SMILES string of the molecule is CN(Cc1ccco1)C[C@@H]1OC[C@H]2CCN(C(=O)c3ccsc3)C[C@H]21. The molecule has 0 spiro atoms. The monoisotopic (exact) mass is 360 g/mol. The molecule has 0 N–H and O–H groups in total. The predicted molar refractivity (Wildman–Crippen MR) is 96.6 cm³/mol. The van der Waals surface area contributed by atoms with Crippen LogP contribution in [0.4, 0.5) is 0 Å². The number of likely N-dealkylation sites (N-methyl/N-ethyl adjacent to an activating group) is 1. The number of hydrogen-bond acceptors (Lipinski definition) is 5. The lowest BCUT2D eigenvalue weighted by Crippen LogP contribution is -2.47. The van der Waals surface area contributed by atoms with Crippen molar-refractivity contribution in [1.29, 1.82) is 0 Å². The Hall–Kier alpha value is -1.63. The average Bonchev–Trinajstić information content (AvgIpc) is 3.36. The molecule has 0 bridgehead atoms. The van der Waals surface area contributed by atoms with Crippen LogP contribution in [-0.4, -0.2) is 55.1 Å². The van der Waals surface area contributed by atoms with Crippen molar-refractivity contribution in [3.8, 4) is 0 Å². The van der Waals surface area contributed by atoms with Gasteiger partial charge in [-0.2, -0.15) is 11.3 Å². The Kier molecular flexibility index (Phi) is 4.92. The number of piperidine rings is 1. The Labute approximate surface area is 152 Å². The van der Waals surface area contributed by atoms with Gasteiger partial charge in [-0.05, 0) is 43.0 Å². The summed E-state index contributed by atoms with van der Waals surface area (Å²) in [4.78, 5) is 16.9. The Morgan fingerprint density at radius 2 is 2.36 bits per heavy atom. The average molecular weight is 360 g/mol. The molecule has 4 rings (SSSR count). The van der Waals surface area contributed by atoms with Crippen LogP contribution in [0, 0.1) is 11.8 Å². The zero-order chi connectivity index (χ0) is 17.2. The molecule has 2 fully saturated rings. The molecule has 0 radical (unpaired) electrons. The quantitative estimate of drug-likeness (QED) is 0.822. The van der Waals surface area contributed by atoms with Crippen molar-refractivity contribution in [2.45, 2.75) is 19.1 Å². The van der Waals surface area contributed by atoms with E-state index in [1.54, 1.807) is 17.6 Å². The Morgan fingerprint density at radius 3 is 3.12 bits per heavy atom. The van der Waals surface area contributed by atoms with Gasteiger partial charge in [0.05, 0.1) is 31.1 Å². The van der Waals surface area contributed by atoms with Crippen molar-refractivity contribution >= 4 is 17.2 Å². The minimum Gasteiger partial charge on any atom is -0.468 e. The number of nitrogens with zero attached hydrogens (tertiary/aromatic N) is 2. The molecule has 5 nitrogen and oxygen atoms in total. The lowest BCUT2D eigenvalue weighted by molar-refractivity contribution is 0.0420. The first-order valence-corrected chi connectivity index (χ1v) is 9.79. The van der Waals surface area contributed by atoms with E-state index < -0.39 is 0 Å². The number of fused-ring (bicyclic) bond motifs is 1. The third kappa shape index (κ3) is 3.66. The predicted octanol–water partition coefficient (Wildman–Crippen LogP) is 2.95. The zero-order valence-corrected chi connectivity index (χ0v) is 15.3. The molecular weight excluding hydrogens is 336 g/mol. The number of ether oxygens (including phenoxy) is 1. The van der Waals surface area contributed by atoms with Crippen LogP contribution < -0.4 is 0 Å². The van der Waals surface area contributed by atoms with E-state index in [9.17, 15) is 4.79 Å². The normalized spacial score (nSPS) is 26.2. The number of rotatable bonds is 5. The Balaban J connectivity index is 1.37. The van der Waals surface area contributed by atoms with Gasteiger partial charge in [-0.15, -0.1) is 0 Å². The van der Waals surface area contributed by atoms with E-state index in [1.807, 2.05) is 33.9 Å². The summed E-state index contributed by atoms with van der Waals surface area (Å²) in [6.45, 7) is 4.11. The second kappa shape index (κ2) is 7.32. The first kappa shape index (κ1) is 16.8. The van der Waals surface area contributed by atoms with Crippen LogP contribution in [0.1, 0.15) is 22.5 Å². The molecule has 0 saturated carbocycles. The van der Waals surface area contributed by atoms with Crippen molar-refractivity contribution in [2.24, 2.45) is 11.8 Å². The minimum atomic E-state index is 0.161. The molecule has 2 aliphatic rings. The molecule has 1 amide bonds. The fraction of sp³-hybridized carbons (Fsp3) is 0.526. The van der Waals surface area contributed by atoms with E-state index in [4.69, 9.17) is 9.15 Å². The van der Waals surface area contributed by atoms with Gasteiger partial charge in [0.2, 0.25) is 0 Å². The van der Waals surface area contributed by atoms with Crippen molar-refractivity contribution in [3.63, 3.8) is 0 Å². The maximum absolute atomic E-state index is 12.7. The van der Waals surface area contributed by atoms with Crippen LogP contribution in [0.5, 0.6) is 0 Å². The summed E-state index contributed by atoms with van der Waals surface area (Å²) < 4.78 is 11.5. The van der Waals surface area contributed by atoms with Gasteiger partial charge in [-0.1, -0.05) is 0 Å². The number of carbonyl (C=O) groups excluding carboxylic acids is 1. The molecule has 25 heavy (non-hydrogen) atoms. The second-order valence-electron chi connectivity index (χ2n) is 7.12. The van der Waals surface area contributed by atoms with Gasteiger partial charge in [-0.3, -0.25) is 9.69 Å². The van der Waals surface area contributed by atoms with E-state index in [-0.39, 0.29) is 12.0 Å². The van der Waals surface area contributed by atoms with Gasteiger partial charge in [0.25, 0.3) is 5.91 Å². The lowest BCUT2D eigenvalue weighted by Gasteiger charge is -2.36. The van der Waals surface area contributed by atoms with Gasteiger partial charge in [0.15, 0.2) is 0 Å². The fourth-order valence-corrected chi connectivity index (χ4v) is 4.64. The summed E-state index contributed by atoms with van der Waals surface area (Å²) in [5.41, 5.74) is 0.814. The molecule has 2 aliphatic heterocycles. The number of carbonyl (C=O) groups is 1. The highest BCUT2D eigenvalue weighted by Gasteiger charge is 2.42. The van der Waals surface area contributed by atoms with Crippen LogP contribution >= 0.6 is 11.3 Å². The number of hydrogen-bond donors (Lipinski definition) is 0. The van der Waals surface area contributed by atoms with Crippen LogP contribution in [0.25, 0.3) is 0 Å². The molecular formula is C19H24N2O3S. The van der Waals surface area contributed by atoms with Crippen molar-refractivity contribution < 1.29 is 13.9 Å². The Morgan fingerprint density at radius 1 is 1.44 bits per heavy atom. The summed E-state index contributed by atoms with van der Waals surface area (Å²) in [5.74, 6) is 2.13. The maximum Gasteiger partial charge on any atom is 0.254 e. The molecule has 6 heteroatoms. The molecule has 134 valence electrons. The molecule has 2 saturated heterocycles. The summed E-state index contributed by atoms with van der Waals surface area (Å²) >= 11 is 1.57. The van der Waals surface area contributed by atoms with Gasteiger partial charge < -0.3 is 14.1 Å². The maximum atomic E-state index is 12.7. The highest BCUT2D eigenvalue weighted by atomic mass is 32.1. The van der Waals surface area contributed by atoms with Gasteiger partial charge in [-0.25, -0.2) is 0 Å². The van der Waals surface area contributed by atoms with Crippen LogP contribution in [0.2, 0.25) is 0 Å². The molecule has 2 aromatic heterocycles. The first-order valence-electron chi connectivity index (χ1n) is 8.84. The zero-order valence-electron chi connectivity index (χ0n) is 14.5. The largest absolute Gasteiger partial charge is 0.468 e. The minimum absolute atomic E-state index is 0.161. The van der Waals surface area contributed by atoms with Crippen LogP contribution in [0.3, 0.4) is 0 Å². The van der Waals surface area contributed by atoms with Crippen LogP contribution in [0.15, 0.2) is 39.6 Å². The number of furan rings is 1. The molecule has 3 atom stereocenters. The van der Waals surface area contributed by atoms with E-state index in [0.29, 0.717) is 11.8 Å². The summed E-state index contributed by atoms with van der Waals surface area (Å²) in [6, 6.07) is 5.83. The third-order valence-electron chi connectivity index (χ3n) is 5.36. The summed E-state index contributed by atoms with van der Waals surface area (Å²) in [6.07, 6.45) is 2.93. The third-order valence-corrected chi connectivity index (χ3v) is 6.04. The topological polar surface area (TPSA) is 45.9 Å². The number of likely N-dealkylation sites (tertiary alicyclic amines) is 1. The van der Waals surface area contributed by atoms with Gasteiger partial charge in [0.1, 0.15) is 5.76 Å². The molecule has 0 aliphatic carbocycles. The number of thiophene rings is 1. The van der Waals surface area contributed by atoms with Crippen molar-refractivity contribution in [1.82, 2.24) is 9.80 Å². The lowest BCUT2D eigenvalue weighted by atomic mass is 9.84. The molecule has 0 aromatic carbocycles. The molecule has 2 aromatic rings.